The smallest absolute Gasteiger partial charge is 0.266 e. The fraction of sp³-hybridized carbons (Fsp3) is 0.318. The molecule has 2 aromatic carbocycles. The molecule has 0 spiro atoms. The van der Waals surface area contributed by atoms with Crippen LogP contribution in [0.25, 0.3) is 0 Å². The SMILES string of the molecule is CCOc1ccc(N2C(=O)c3ccc(C(=O)NCC4CCCN4)cc3C2=O)cc1. The third kappa shape index (κ3) is 3.73. The molecule has 2 N–H and O–H groups in total. The van der Waals surface area contributed by atoms with Crippen molar-refractivity contribution >= 4 is 23.4 Å². The molecule has 0 aliphatic carbocycles. The van der Waals surface area contributed by atoms with Gasteiger partial charge in [0.2, 0.25) is 0 Å². The van der Waals surface area contributed by atoms with Crippen LogP contribution in [0, 0.1) is 0 Å². The van der Waals surface area contributed by atoms with E-state index in [0.717, 1.165) is 24.3 Å². The number of nitrogens with zero attached hydrogens (tertiary/aromatic N) is 1. The Kier molecular flexibility index (Phi) is 5.31. The summed E-state index contributed by atoms with van der Waals surface area (Å²) in [5, 5.41) is 6.22. The predicted octanol–water partition coefficient (Wildman–Crippen LogP) is 2.37. The fourth-order valence-electron chi connectivity index (χ4n) is 3.72. The molecule has 0 bridgehead atoms. The first-order chi connectivity index (χ1) is 14.1. The van der Waals surface area contributed by atoms with Crippen LogP contribution in [0.1, 0.15) is 50.8 Å². The van der Waals surface area contributed by atoms with Gasteiger partial charge < -0.3 is 15.4 Å². The number of carbonyl (C=O) groups excluding carboxylic acids is 3. The summed E-state index contributed by atoms with van der Waals surface area (Å²) in [5.41, 5.74) is 1.39. The topological polar surface area (TPSA) is 87.7 Å². The molecule has 2 aromatic rings. The van der Waals surface area contributed by atoms with Crippen molar-refractivity contribution in [2.45, 2.75) is 25.8 Å². The lowest BCUT2D eigenvalue weighted by atomic mass is 10.1. The van der Waals surface area contributed by atoms with Gasteiger partial charge in [-0.2, -0.15) is 0 Å². The van der Waals surface area contributed by atoms with E-state index < -0.39 is 11.8 Å². The first-order valence-electron chi connectivity index (χ1n) is 9.85. The second kappa shape index (κ2) is 8.05. The first-order valence-corrected chi connectivity index (χ1v) is 9.85. The number of hydrogen-bond donors (Lipinski definition) is 2. The highest BCUT2D eigenvalue weighted by molar-refractivity contribution is 6.34. The molecule has 2 aliphatic heterocycles. The summed E-state index contributed by atoms with van der Waals surface area (Å²) in [6.07, 6.45) is 2.14. The van der Waals surface area contributed by atoms with Crippen LogP contribution < -0.4 is 20.3 Å². The average Bonchev–Trinajstić information content (AvgIpc) is 3.34. The number of anilines is 1. The van der Waals surface area contributed by atoms with Crippen LogP contribution in [0.2, 0.25) is 0 Å². The van der Waals surface area contributed by atoms with E-state index in [2.05, 4.69) is 10.6 Å². The summed E-state index contributed by atoms with van der Waals surface area (Å²) in [6.45, 7) is 3.93. The predicted molar refractivity (Wildman–Crippen MR) is 109 cm³/mol. The van der Waals surface area contributed by atoms with Gasteiger partial charge >= 0.3 is 0 Å². The van der Waals surface area contributed by atoms with Gasteiger partial charge in [0.25, 0.3) is 17.7 Å². The normalized spacial score (nSPS) is 18.1. The molecule has 3 amide bonds. The van der Waals surface area contributed by atoms with Gasteiger partial charge in [0.1, 0.15) is 5.75 Å². The molecule has 2 aliphatic rings. The molecule has 2 heterocycles. The number of rotatable bonds is 6. The highest BCUT2D eigenvalue weighted by Gasteiger charge is 2.37. The van der Waals surface area contributed by atoms with Crippen molar-refractivity contribution in [3.8, 4) is 5.75 Å². The van der Waals surface area contributed by atoms with E-state index in [4.69, 9.17) is 4.74 Å². The van der Waals surface area contributed by atoms with Crippen LogP contribution in [0.15, 0.2) is 42.5 Å². The number of amides is 3. The minimum atomic E-state index is -0.429. The number of carbonyl (C=O) groups is 3. The lowest BCUT2D eigenvalue weighted by molar-refractivity contribution is 0.0923. The number of nitrogens with one attached hydrogen (secondary N) is 2. The van der Waals surface area contributed by atoms with Gasteiger partial charge in [-0.05, 0) is 68.8 Å². The lowest BCUT2D eigenvalue weighted by Crippen LogP contribution is -2.37. The Morgan fingerprint density at radius 2 is 1.90 bits per heavy atom. The Balaban J connectivity index is 1.51. The molecule has 1 fully saturated rings. The zero-order valence-electron chi connectivity index (χ0n) is 16.2. The van der Waals surface area contributed by atoms with E-state index in [0.29, 0.717) is 35.7 Å². The summed E-state index contributed by atoms with van der Waals surface area (Å²) < 4.78 is 5.40. The average molecular weight is 393 g/mol. The van der Waals surface area contributed by atoms with Crippen molar-refractivity contribution in [3.63, 3.8) is 0 Å². The summed E-state index contributed by atoms with van der Waals surface area (Å²) >= 11 is 0. The highest BCUT2D eigenvalue weighted by Crippen LogP contribution is 2.30. The summed E-state index contributed by atoms with van der Waals surface area (Å²) in [4.78, 5) is 39.3. The van der Waals surface area contributed by atoms with Crippen molar-refractivity contribution < 1.29 is 19.1 Å². The van der Waals surface area contributed by atoms with Crippen LogP contribution in [0.3, 0.4) is 0 Å². The highest BCUT2D eigenvalue weighted by atomic mass is 16.5. The molecule has 0 radical (unpaired) electrons. The number of benzene rings is 2. The van der Waals surface area contributed by atoms with Crippen molar-refractivity contribution in [2.75, 3.05) is 24.6 Å². The van der Waals surface area contributed by atoms with Crippen molar-refractivity contribution in [1.29, 1.82) is 0 Å². The van der Waals surface area contributed by atoms with Crippen LogP contribution in [-0.2, 0) is 0 Å². The quantitative estimate of drug-likeness (QED) is 0.736. The van der Waals surface area contributed by atoms with Gasteiger partial charge in [-0.15, -0.1) is 0 Å². The Labute approximate surface area is 169 Å². The molecule has 1 saturated heterocycles. The summed E-state index contributed by atoms with van der Waals surface area (Å²) in [7, 11) is 0. The molecular formula is C22H23N3O4. The Hall–Kier alpha value is -3.19. The second-order valence-corrected chi connectivity index (χ2v) is 7.14. The first kappa shape index (κ1) is 19.1. The molecule has 29 heavy (non-hydrogen) atoms. The zero-order valence-corrected chi connectivity index (χ0v) is 16.2. The van der Waals surface area contributed by atoms with E-state index in [-0.39, 0.29) is 17.5 Å². The van der Waals surface area contributed by atoms with E-state index >= 15 is 0 Å². The van der Waals surface area contributed by atoms with Gasteiger partial charge in [0, 0.05) is 18.2 Å². The number of hydrogen-bond acceptors (Lipinski definition) is 5. The van der Waals surface area contributed by atoms with Crippen LogP contribution in [-0.4, -0.2) is 43.5 Å². The summed E-state index contributed by atoms with van der Waals surface area (Å²) in [5.74, 6) is -0.401. The molecule has 0 aromatic heterocycles. The van der Waals surface area contributed by atoms with Crippen molar-refractivity contribution in [3.05, 3.63) is 59.2 Å². The van der Waals surface area contributed by atoms with Gasteiger partial charge in [0.05, 0.1) is 23.4 Å². The maximum atomic E-state index is 12.9. The lowest BCUT2D eigenvalue weighted by Gasteiger charge is -2.14. The number of fused-ring (bicyclic) bond motifs is 1. The number of imide groups is 1. The molecular weight excluding hydrogens is 370 g/mol. The van der Waals surface area contributed by atoms with Crippen LogP contribution in [0.4, 0.5) is 5.69 Å². The largest absolute Gasteiger partial charge is 0.494 e. The zero-order chi connectivity index (χ0) is 20.4. The molecule has 4 rings (SSSR count). The Bertz CT molecular complexity index is 949. The van der Waals surface area contributed by atoms with Gasteiger partial charge in [0.15, 0.2) is 0 Å². The molecule has 0 saturated carbocycles. The van der Waals surface area contributed by atoms with Gasteiger partial charge in [-0.3, -0.25) is 14.4 Å². The maximum absolute atomic E-state index is 12.9. The van der Waals surface area contributed by atoms with E-state index in [1.54, 1.807) is 36.4 Å². The third-order valence-corrected chi connectivity index (χ3v) is 5.23. The van der Waals surface area contributed by atoms with E-state index in [9.17, 15) is 14.4 Å². The van der Waals surface area contributed by atoms with E-state index in [1.165, 1.54) is 6.07 Å². The van der Waals surface area contributed by atoms with Crippen LogP contribution >= 0.6 is 0 Å². The summed E-state index contributed by atoms with van der Waals surface area (Å²) in [6, 6.07) is 11.7. The third-order valence-electron chi connectivity index (χ3n) is 5.23. The Morgan fingerprint density at radius 3 is 2.59 bits per heavy atom. The molecule has 7 heteroatoms. The minimum absolute atomic E-state index is 0.246. The second-order valence-electron chi connectivity index (χ2n) is 7.14. The molecule has 150 valence electrons. The molecule has 1 unspecified atom stereocenters. The van der Waals surface area contributed by atoms with Crippen molar-refractivity contribution in [1.82, 2.24) is 10.6 Å². The van der Waals surface area contributed by atoms with Crippen LogP contribution in [0.5, 0.6) is 5.75 Å². The minimum Gasteiger partial charge on any atom is -0.494 e. The number of ether oxygens (including phenoxy) is 1. The Morgan fingerprint density at radius 1 is 1.14 bits per heavy atom. The monoisotopic (exact) mass is 393 g/mol. The van der Waals surface area contributed by atoms with Gasteiger partial charge in [-0.25, -0.2) is 4.90 Å². The fourth-order valence-corrected chi connectivity index (χ4v) is 3.72. The standard InChI is InChI=1S/C22H23N3O4/c1-2-29-17-8-6-16(7-9-17)25-21(27)18-10-5-14(12-19(18)22(25)28)20(26)24-13-15-4-3-11-23-15/h5-10,12,15,23H,2-4,11,13H2,1H3,(H,24,26). The van der Waals surface area contributed by atoms with E-state index in [1.807, 2.05) is 6.92 Å². The maximum Gasteiger partial charge on any atom is 0.266 e. The van der Waals surface area contributed by atoms with Crippen molar-refractivity contribution in [2.24, 2.45) is 0 Å². The molecule has 1 atom stereocenters. The molecule has 7 nitrogen and oxygen atoms in total. The van der Waals surface area contributed by atoms with Gasteiger partial charge in [-0.1, -0.05) is 0 Å².